The van der Waals surface area contributed by atoms with E-state index in [1.54, 1.807) is 4.90 Å². The van der Waals surface area contributed by atoms with Crippen LogP contribution in [0.3, 0.4) is 0 Å². The van der Waals surface area contributed by atoms with Gasteiger partial charge in [0.2, 0.25) is 0 Å². The molecule has 1 aromatic carbocycles. The van der Waals surface area contributed by atoms with Gasteiger partial charge in [0, 0.05) is 24.8 Å². The first-order valence-electron chi connectivity index (χ1n) is 8.40. The van der Waals surface area contributed by atoms with E-state index in [1.807, 2.05) is 60.0 Å². The fraction of sp³-hybridized carbons (Fsp3) is 0.263. The molecule has 1 fully saturated rings. The van der Waals surface area contributed by atoms with Gasteiger partial charge in [-0.3, -0.25) is 9.72 Å². The second kappa shape index (κ2) is 6.22. The quantitative estimate of drug-likeness (QED) is 0.756. The Labute approximate surface area is 145 Å². The summed E-state index contributed by atoms with van der Waals surface area (Å²) < 4.78 is 1.90. The predicted octanol–water partition coefficient (Wildman–Crippen LogP) is 2.91. The van der Waals surface area contributed by atoms with Gasteiger partial charge in [0.15, 0.2) is 0 Å². The van der Waals surface area contributed by atoms with Crippen LogP contribution in [0.15, 0.2) is 48.7 Å². The number of amides is 2. The molecule has 0 radical (unpaired) electrons. The largest absolute Gasteiger partial charge is 0.391 e. The number of hydrogen-bond donors (Lipinski definition) is 2. The van der Waals surface area contributed by atoms with Gasteiger partial charge in [-0.2, -0.15) is 0 Å². The van der Waals surface area contributed by atoms with Crippen molar-refractivity contribution in [1.29, 1.82) is 0 Å². The van der Waals surface area contributed by atoms with Crippen LogP contribution in [0.4, 0.5) is 10.6 Å². The molecule has 0 aliphatic carbocycles. The first kappa shape index (κ1) is 15.7. The molecular formula is C19H20N4O2. The summed E-state index contributed by atoms with van der Waals surface area (Å²) in [6.45, 7) is 2.92. The van der Waals surface area contributed by atoms with Gasteiger partial charge < -0.3 is 10.0 Å². The molecule has 0 bridgehead atoms. The molecule has 0 saturated carbocycles. The molecule has 2 N–H and O–H groups in total. The topological polar surface area (TPSA) is 69.9 Å². The van der Waals surface area contributed by atoms with Gasteiger partial charge in [0.05, 0.1) is 6.10 Å². The Morgan fingerprint density at radius 1 is 1.24 bits per heavy atom. The summed E-state index contributed by atoms with van der Waals surface area (Å²) in [5.41, 5.74) is 3.54. The van der Waals surface area contributed by atoms with Crippen molar-refractivity contribution in [3.63, 3.8) is 0 Å². The van der Waals surface area contributed by atoms with Crippen molar-refractivity contribution in [3.8, 4) is 11.3 Å². The molecule has 1 aliphatic rings. The smallest absolute Gasteiger partial charge is 0.323 e. The monoisotopic (exact) mass is 336 g/mol. The van der Waals surface area contributed by atoms with Gasteiger partial charge in [-0.05, 0) is 25.0 Å². The number of β-amino-alcohol motifs (C(OH)–C–C–N with tert-alkyl or cyclic N) is 1. The Morgan fingerprint density at radius 3 is 2.76 bits per heavy atom. The number of carbonyl (C=O) groups is 1. The highest BCUT2D eigenvalue weighted by atomic mass is 16.3. The van der Waals surface area contributed by atoms with Gasteiger partial charge in [-0.25, -0.2) is 9.78 Å². The molecule has 6 heteroatoms. The first-order chi connectivity index (χ1) is 12.1. The highest BCUT2D eigenvalue weighted by molar-refractivity contribution is 5.94. The summed E-state index contributed by atoms with van der Waals surface area (Å²) in [6, 6.07) is 13.5. The lowest BCUT2D eigenvalue weighted by molar-refractivity contribution is 0.176. The maximum absolute atomic E-state index is 12.6. The van der Waals surface area contributed by atoms with Gasteiger partial charge in [-0.15, -0.1) is 0 Å². The number of benzene rings is 1. The number of aryl methyl sites for hydroxylation is 1. The van der Waals surface area contributed by atoms with Gasteiger partial charge in [0.25, 0.3) is 0 Å². The fourth-order valence-electron chi connectivity index (χ4n) is 3.23. The molecule has 1 saturated heterocycles. The van der Waals surface area contributed by atoms with Crippen molar-refractivity contribution in [2.45, 2.75) is 19.4 Å². The Kier molecular flexibility index (Phi) is 3.89. The van der Waals surface area contributed by atoms with Crippen LogP contribution < -0.4 is 5.32 Å². The molecular weight excluding hydrogens is 316 g/mol. The van der Waals surface area contributed by atoms with Crippen LogP contribution >= 0.6 is 0 Å². The van der Waals surface area contributed by atoms with Crippen LogP contribution in [0.2, 0.25) is 0 Å². The highest BCUT2D eigenvalue weighted by Gasteiger charge is 2.26. The number of likely N-dealkylation sites (tertiary alicyclic amines) is 1. The molecule has 3 heterocycles. The second-order valence-corrected chi connectivity index (χ2v) is 6.38. The van der Waals surface area contributed by atoms with Gasteiger partial charge in [0.1, 0.15) is 17.2 Å². The van der Waals surface area contributed by atoms with E-state index in [0.717, 1.165) is 22.5 Å². The third-order valence-corrected chi connectivity index (χ3v) is 4.57. The van der Waals surface area contributed by atoms with Crippen LogP contribution in [-0.2, 0) is 0 Å². The standard InChI is InChI=1S/C19H20N4O2/c1-13-6-5-10-23-17(13)20-16(14-7-3-2-4-8-14)18(23)21-19(25)22-11-9-15(24)12-22/h2-8,10,15,24H,9,11-12H2,1H3,(H,21,25)/t15-/m0/s1. The minimum Gasteiger partial charge on any atom is -0.391 e. The van der Waals surface area contributed by atoms with E-state index in [1.165, 1.54) is 0 Å². The number of nitrogens with one attached hydrogen (secondary N) is 1. The SMILES string of the molecule is Cc1cccn2c(NC(=O)N3CC[C@H](O)C3)c(-c3ccccc3)nc12. The lowest BCUT2D eigenvalue weighted by Crippen LogP contribution is -2.34. The van der Waals surface area contributed by atoms with Crippen LogP contribution in [0, 0.1) is 6.92 Å². The van der Waals surface area contributed by atoms with E-state index in [9.17, 15) is 9.90 Å². The maximum Gasteiger partial charge on any atom is 0.323 e. The first-order valence-corrected chi connectivity index (χ1v) is 8.40. The van der Waals surface area contributed by atoms with E-state index < -0.39 is 6.10 Å². The minimum atomic E-state index is -0.441. The molecule has 0 unspecified atom stereocenters. The Morgan fingerprint density at radius 2 is 2.04 bits per heavy atom. The van der Waals surface area contributed by atoms with E-state index >= 15 is 0 Å². The van der Waals surface area contributed by atoms with E-state index in [-0.39, 0.29) is 6.03 Å². The number of pyridine rings is 1. The predicted molar refractivity (Wildman–Crippen MR) is 96.6 cm³/mol. The number of imidazole rings is 1. The number of rotatable bonds is 2. The van der Waals surface area contributed by atoms with Crippen LogP contribution in [0.1, 0.15) is 12.0 Å². The van der Waals surface area contributed by atoms with Crippen molar-refractivity contribution in [2.75, 3.05) is 18.4 Å². The number of anilines is 1. The zero-order valence-electron chi connectivity index (χ0n) is 14.0. The number of fused-ring (bicyclic) bond motifs is 1. The van der Waals surface area contributed by atoms with Crippen molar-refractivity contribution in [1.82, 2.24) is 14.3 Å². The summed E-state index contributed by atoms with van der Waals surface area (Å²) >= 11 is 0. The van der Waals surface area contributed by atoms with E-state index in [0.29, 0.717) is 25.3 Å². The van der Waals surface area contributed by atoms with Crippen LogP contribution in [0.5, 0.6) is 0 Å². The number of nitrogens with zero attached hydrogens (tertiary/aromatic N) is 3. The van der Waals surface area contributed by atoms with Crippen LogP contribution in [-0.4, -0.2) is 44.6 Å². The molecule has 4 rings (SSSR count). The van der Waals surface area contributed by atoms with Crippen LogP contribution in [0.25, 0.3) is 16.9 Å². The van der Waals surface area contributed by atoms with E-state index in [4.69, 9.17) is 4.98 Å². The Bertz CT molecular complexity index is 920. The molecule has 2 aromatic heterocycles. The lowest BCUT2D eigenvalue weighted by Gasteiger charge is -2.17. The summed E-state index contributed by atoms with van der Waals surface area (Å²) in [4.78, 5) is 19.0. The molecule has 3 aromatic rings. The number of hydrogen-bond acceptors (Lipinski definition) is 3. The molecule has 0 spiro atoms. The molecule has 128 valence electrons. The third-order valence-electron chi connectivity index (χ3n) is 4.57. The number of urea groups is 1. The maximum atomic E-state index is 12.6. The Balaban J connectivity index is 1.78. The summed E-state index contributed by atoms with van der Waals surface area (Å²) in [6.07, 6.45) is 2.07. The molecule has 1 atom stereocenters. The van der Waals surface area contributed by atoms with Gasteiger partial charge >= 0.3 is 6.03 Å². The normalized spacial score (nSPS) is 17.2. The summed E-state index contributed by atoms with van der Waals surface area (Å²) in [5.74, 6) is 0.649. The third kappa shape index (κ3) is 2.85. The van der Waals surface area contributed by atoms with Crippen molar-refractivity contribution < 1.29 is 9.90 Å². The number of aliphatic hydroxyl groups excluding tert-OH is 1. The summed E-state index contributed by atoms with van der Waals surface area (Å²) in [5, 5.41) is 12.7. The zero-order chi connectivity index (χ0) is 17.4. The zero-order valence-corrected chi connectivity index (χ0v) is 14.0. The Hall–Kier alpha value is -2.86. The van der Waals surface area contributed by atoms with Gasteiger partial charge in [-0.1, -0.05) is 36.4 Å². The van der Waals surface area contributed by atoms with Crippen molar-refractivity contribution >= 4 is 17.5 Å². The molecule has 1 aliphatic heterocycles. The average molecular weight is 336 g/mol. The van der Waals surface area contributed by atoms with Crippen molar-refractivity contribution in [2.24, 2.45) is 0 Å². The summed E-state index contributed by atoms with van der Waals surface area (Å²) in [7, 11) is 0. The average Bonchev–Trinajstić information content (AvgIpc) is 3.21. The molecule has 25 heavy (non-hydrogen) atoms. The number of aromatic nitrogens is 2. The fourth-order valence-corrected chi connectivity index (χ4v) is 3.23. The number of carbonyl (C=O) groups excluding carboxylic acids is 1. The molecule has 2 amide bonds. The second-order valence-electron chi connectivity index (χ2n) is 6.38. The highest BCUT2D eigenvalue weighted by Crippen LogP contribution is 2.30. The minimum absolute atomic E-state index is 0.211. The van der Waals surface area contributed by atoms with Crippen molar-refractivity contribution in [3.05, 3.63) is 54.2 Å². The van der Waals surface area contributed by atoms with E-state index in [2.05, 4.69) is 5.32 Å². The number of aliphatic hydroxyl groups is 1. The molecule has 6 nitrogen and oxygen atoms in total. The lowest BCUT2D eigenvalue weighted by atomic mass is 10.1.